The Hall–Kier alpha value is -3.16. The minimum Gasteiger partial charge on any atom is -0.351 e. The highest BCUT2D eigenvalue weighted by molar-refractivity contribution is 6.02. The number of aromatic nitrogens is 1. The number of carbonyl (C=O) groups excluding carboxylic acids is 1. The molecule has 0 aliphatic rings. The number of carbonyl (C=O) groups is 1. The zero-order valence-electron chi connectivity index (χ0n) is 13.3. The third-order valence-electron chi connectivity index (χ3n) is 3.92. The van der Waals surface area contributed by atoms with Gasteiger partial charge in [0, 0.05) is 28.7 Å². The second-order valence-electron chi connectivity index (χ2n) is 5.60. The number of amides is 2. The normalized spacial score (nSPS) is 11.5. The predicted octanol–water partition coefficient (Wildman–Crippen LogP) is 4.48. The maximum absolute atomic E-state index is 14.1. The van der Waals surface area contributed by atoms with Gasteiger partial charge in [-0.25, -0.2) is 9.18 Å². The van der Waals surface area contributed by atoms with Crippen molar-refractivity contribution in [1.29, 1.82) is 0 Å². The van der Waals surface area contributed by atoms with Crippen molar-refractivity contribution in [2.45, 2.75) is 12.7 Å². The first-order chi connectivity index (χ1) is 12.3. The SMILES string of the molecule is NC(=O)N(Cc1ccc(C(F)(F)F)cc1F)c1cccc2cnccc12. The molecule has 0 saturated carbocycles. The van der Waals surface area contributed by atoms with E-state index in [1.165, 1.54) is 6.20 Å². The molecule has 0 spiro atoms. The molecule has 0 aliphatic heterocycles. The van der Waals surface area contributed by atoms with E-state index in [1.54, 1.807) is 30.5 Å². The number of hydrogen-bond donors (Lipinski definition) is 1. The molecule has 3 aromatic rings. The van der Waals surface area contributed by atoms with Crippen LogP contribution >= 0.6 is 0 Å². The van der Waals surface area contributed by atoms with Crippen molar-refractivity contribution in [3.05, 3.63) is 71.8 Å². The molecule has 3 rings (SSSR count). The topological polar surface area (TPSA) is 59.2 Å². The number of alkyl halides is 3. The smallest absolute Gasteiger partial charge is 0.351 e. The molecule has 4 nitrogen and oxygen atoms in total. The molecule has 0 radical (unpaired) electrons. The number of halogens is 4. The molecular formula is C18H13F4N3O. The molecule has 2 amide bonds. The van der Waals surface area contributed by atoms with Gasteiger partial charge in [-0.05, 0) is 24.3 Å². The number of pyridine rings is 1. The Balaban J connectivity index is 2.01. The molecule has 1 heterocycles. The maximum Gasteiger partial charge on any atom is 0.416 e. The molecule has 0 unspecified atom stereocenters. The number of primary amides is 1. The number of nitrogens with zero attached hydrogens (tertiary/aromatic N) is 2. The lowest BCUT2D eigenvalue weighted by atomic mass is 10.1. The van der Waals surface area contributed by atoms with Gasteiger partial charge in [0.05, 0.1) is 17.8 Å². The number of benzene rings is 2. The van der Waals surface area contributed by atoms with Gasteiger partial charge in [-0.15, -0.1) is 0 Å². The Kier molecular flexibility index (Phi) is 4.50. The largest absolute Gasteiger partial charge is 0.416 e. The Morgan fingerprint density at radius 3 is 2.58 bits per heavy atom. The van der Waals surface area contributed by atoms with E-state index in [0.29, 0.717) is 17.1 Å². The van der Waals surface area contributed by atoms with E-state index in [4.69, 9.17) is 5.73 Å². The summed E-state index contributed by atoms with van der Waals surface area (Å²) in [6.45, 7) is -0.305. The van der Waals surface area contributed by atoms with Crippen molar-refractivity contribution in [2.24, 2.45) is 5.73 Å². The van der Waals surface area contributed by atoms with Crippen LogP contribution in [0.2, 0.25) is 0 Å². The van der Waals surface area contributed by atoms with E-state index in [1.807, 2.05) is 0 Å². The number of anilines is 1. The molecule has 1 aromatic heterocycles. The number of hydrogen-bond acceptors (Lipinski definition) is 2. The average Bonchev–Trinajstić information content (AvgIpc) is 2.59. The molecule has 0 atom stereocenters. The van der Waals surface area contributed by atoms with Gasteiger partial charge in [0.1, 0.15) is 5.82 Å². The quantitative estimate of drug-likeness (QED) is 0.698. The lowest BCUT2D eigenvalue weighted by Crippen LogP contribution is -2.35. The van der Waals surface area contributed by atoms with Crippen molar-refractivity contribution in [2.75, 3.05) is 4.90 Å². The first kappa shape index (κ1) is 17.7. The Morgan fingerprint density at radius 1 is 1.15 bits per heavy atom. The maximum atomic E-state index is 14.1. The van der Waals surface area contributed by atoms with Crippen LogP contribution in [0.3, 0.4) is 0 Å². The van der Waals surface area contributed by atoms with Crippen LogP contribution in [0.1, 0.15) is 11.1 Å². The number of nitrogens with two attached hydrogens (primary N) is 1. The first-order valence-corrected chi connectivity index (χ1v) is 7.52. The summed E-state index contributed by atoms with van der Waals surface area (Å²) >= 11 is 0. The Morgan fingerprint density at radius 2 is 1.92 bits per heavy atom. The van der Waals surface area contributed by atoms with Gasteiger partial charge in [-0.3, -0.25) is 9.88 Å². The summed E-state index contributed by atoms with van der Waals surface area (Å²) in [6.07, 6.45) is -1.52. The minimum atomic E-state index is -4.65. The van der Waals surface area contributed by atoms with Gasteiger partial charge in [0.2, 0.25) is 0 Å². The highest BCUT2D eigenvalue weighted by atomic mass is 19.4. The van der Waals surface area contributed by atoms with Gasteiger partial charge in [0.15, 0.2) is 0 Å². The third-order valence-corrected chi connectivity index (χ3v) is 3.92. The van der Waals surface area contributed by atoms with E-state index in [-0.39, 0.29) is 12.1 Å². The number of fused-ring (bicyclic) bond motifs is 1. The molecule has 2 aromatic carbocycles. The second kappa shape index (κ2) is 6.62. The van der Waals surface area contributed by atoms with Gasteiger partial charge < -0.3 is 5.73 Å². The second-order valence-corrected chi connectivity index (χ2v) is 5.60. The average molecular weight is 363 g/mol. The highest BCUT2D eigenvalue weighted by Crippen LogP contribution is 2.32. The van der Waals surface area contributed by atoms with Crippen LogP contribution in [0.4, 0.5) is 28.0 Å². The summed E-state index contributed by atoms with van der Waals surface area (Å²) in [5.74, 6) is -1.06. The molecule has 0 fully saturated rings. The molecule has 2 N–H and O–H groups in total. The molecular weight excluding hydrogens is 350 g/mol. The Bertz CT molecular complexity index is 967. The van der Waals surface area contributed by atoms with Gasteiger partial charge in [-0.2, -0.15) is 13.2 Å². The van der Waals surface area contributed by atoms with E-state index < -0.39 is 23.6 Å². The summed E-state index contributed by atoms with van der Waals surface area (Å²) in [6, 6.07) is 8.07. The van der Waals surface area contributed by atoms with Gasteiger partial charge in [0.25, 0.3) is 0 Å². The summed E-state index contributed by atoms with van der Waals surface area (Å²) in [4.78, 5) is 17.0. The number of rotatable bonds is 3. The van der Waals surface area contributed by atoms with Crippen molar-refractivity contribution in [1.82, 2.24) is 4.98 Å². The van der Waals surface area contributed by atoms with Crippen LogP contribution < -0.4 is 10.6 Å². The minimum absolute atomic E-state index is 0.0807. The molecule has 0 aliphatic carbocycles. The lowest BCUT2D eigenvalue weighted by Gasteiger charge is -2.23. The summed E-state index contributed by atoms with van der Waals surface area (Å²) in [5, 5.41) is 1.40. The summed E-state index contributed by atoms with van der Waals surface area (Å²) in [5.41, 5.74) is 4.66. The van der Waals surface area contributed by atoms with Crippen LogP contribution in [-0.4, -0.2) is 11.0 Å². The molecule has 26 heavy (non-hydrogen) atoms. The molecule has 0 saturated heterocycles. The molecule has 8 heteroatoms. The fourth-order valence-electron chi connectivity index (χ4n) is 2.64. The van der Waals surface area contributed by atoms with E-state index in [0.717, 1.165) is 22.4 Å². The summed E-state index contributed by atoms with van der Waals surface area (Å²) in [7, 11) is 0. The Labute approximate surface area is 145 Å². The van der Waals surface area contributed by atoms with E-state index in [2.05, 4.69) is 4.98 Å². The van der Waals surface area contributed by atoms with Crippen LogP contribution in [-0.2, 0) is 12.7 Å². The van der Waals surface area contributed by atoms with E-state index >= 15 is 0 Å². The summed E-state index contributed by atoms with van der Waals surface area (Å²) < 4.78 is 52.2. The van der Waals surface area contributed by atoms with Crippen molar-refractivity contribution >= 4 is 22.5 Å². The monoisotopic (exact) mass is 363 g/mol. The third kappa shape index (κ3) is 3.44. The van der Waals surface area contributed by atoms with Gasteiger partial charge >= 0.3 is 12.2 Å². The predicted molar refractivity (Wildman–Crippen MR) is 88.9 cm³/mol. The zero-order chi connectivity index (χ0) is 18.9. The van der Waals surface area contributed by atoms with Crippen LogP contribution in [0.15, 0.2) is 54.9 Å². The fourth-order valence-corrected chi connectivity index (χ4v) is 2.64. The van der Waals surface area contributed by atoms with Crippen LogP contribution in [0.5, 0.6) is 0 Å². The van der Waals surface area contributed by atoms with E-state index in [9.17, 15) is 22.4 Å². The van der Waals surface area contributed by atoms with Gasteiger partial charge in [-0.1, -0.05) is 18.2 Å². The van der Waals surface area contributed by atoms with Crippen molar-refractivity contribution in [3.8, 4) is 0 Å². The van der Waals surface area contributed by atoms with Crippen LogP contribution in [0, 0.1) is 5.82 Å². The highest BCUT2D eigenvalue weighted by Gasteiger charge is 2.31. The lowest BCUT2D eigenvalue weighted by molar-refractivity contribution is -0.137. The number of urea groups is 1. The standard InChI is InChI=1S/C18H13F4N3O/c19-15-8-13(18(20,21)22)5-4-12(15)10-25(17(23)26)16-3-1-2-11-9-24-7-6-14(11)16/h1-9H,10H2,(H2,23,26). The fraction of sp³-hybridized carbons (Fsp3) is 0.111. The molecule has 0 bridgehead atoms. The van der Waals surface area contributed by atoms with Crippen LogP contribution in [0.25, 0.3) is 10.8 Å². The zero-order valence-corrected chi connectivity index (χ0v) is 13.3. The first-order valence-electron chi connectivity index (χ1n) is 7.52. The van der Waals surface area contributed by atoms with Crippen molar-refractivity contribution in [3.63, 3.8) is 0 Å². The molecule has 134 valence electrons. The van der Waals surface area contributed by atoms with Crippen molar-refractivity contribution < 1.29 is 22.4 Å².